The summed E-state index contributed by atoms with van der Waals surface area (Å²) in [6.07, 6.45) is 0. The van der Waals surface area contributed by atoms with Gasteiger partial charge in [0.2, 0.25) is 0 Å². The highest BCUT2D eigenvalue weighted by atomic mass is 32.2. The number of benzene rings is 2. The summed E-state index contributed by atoms with van der Waals surface area (Å²) in [6, 6.07) is 15.5. The molecule has 0 saturated carbocycles. The second-order valence-corrected chi connectivity index (χ2v) is 8.06. The zero-order chi connectivity index (χ0) is 18.0. The van der Waals surface area contributed by atoms with Gasteiger partial charge in [-0.15, -0.1) is 11.8 Å². The molecule has 0 radical (unpaired) electrons. The molecule has 2 aromatic carbocycles. The Morgan fingerprint density at radius 2 is 1.72 bits per heavy atom. The van der Waals surface area contributed by atoms with Crippen LogP contribution in [0.15, 0.2) is 57.8 Å². The van der Waals surface area contributed by atoms with E-state index in [0.29, 0.717) is 10.8 Å². The first-order chi connectivity index (χ1) is 12.0. The van der Waals surface area contributed by atoms with Gasteiger partial charge in [0.25, 0.3) is 5.91 Å². The van der Waals surface area contributed by atoms with Crippen LogP contribution in [0.25, 0.3) is 11.0 Å². The third-order valence-electron chi connectivity index (χ3n) is 4.12. The highest BCUT2D eigenvalue weighted by Crippen LogP contribution is 2.30. The van der Waals surface area contributed by atoms with E-state index in [0.717, 1.165) is 27.2 Å². The van der Waals surface area contributed by atoms with Gasteiger partial charge >= 0.3 is 0 Å². The minimum Gasteiger partial charge on any atom is -0.459 e. The van der Waals surface area contributed by atoms with Crippen molar-refractivity contribution in [3.8, 4) is 0 Å². The average molecular weight is 353 g/mol. The van der Waals surface area contributed by atoms with Crippen molar-refractivity contribution in [2.75, 3.05) is 0 Å². The highest BCUT2D eigenvalue weighted by Gasteiger charge is 2.20. The zero-order valence-electron chi connectivity index (χ0n) is 15.0. The molecule has 3 rings (SSSR count). The van der Waals surface area contributed by atoms with E-state index in [2.05, 4.69) is 19.2 Å². The van der Waals surface area contributed by atoms with E-state index >= 15 is 0 Å². The van der Waals surface area contributed by atoms with Crippen LogP contribution in [0, 0.1) is 6.92 Å². The summed E-state index contributed by atoms with van der Waals surface area (Å²) < 4.78 is 5.97. The van der Waals surface area contributed by atoms with Gasteiger partial charge in [-0.05, 0) is 32.0 Å². The van der Waals surface area contributed by atoms with Gasteiger partial charge in [0.1, 0.15) is 11.3 Å². The number of carbonyl (C=O) groups is 1. The molecule has 1 amide bonds. The molecule has 0 aliphatic carbocycles. The van der Waals surface area contributed by atoms with E-state index in [1.165, 1.54) is 0 Å². The predicted molar refractivity (Wildman–Crippen MR) is 104 cm³/mol. The normalized spacial score (nSPS) is 12.5. The Balaban J connectivity index is 1.84. The van der Waals surface area contributed by atoms with E-state index in [1.807, 2.05) is 62.4 Å². The van der Waals surface area contributed by atoms with Crippen LogP contribution in [-0.2, 0) is 0 Å². The number of nitrogens with one attached hydrogen (secondary N) is 1. The van der Waals surface area contributed by atoms with Gasteiger partial charge in [-0.3, -0.25) is 4.79 Å². The Morgan fingerprint density at radius 1 is 1.04 bits per heavy atom. The minimum absolute atomic E-state index is 0.0730. The molecule has 0 spiro atoms. The summed E-state index contributed by atoms with van der Waals surface area (Å²) in [5.74, 6) is 0.736. The molecule has 4 heteroatoms. The number of furan rings is 1. The molecule has 1 atom stereocenters. The van der Waals surface area contributed by atoms with Crippen LogP contribution in [0.5, 0.6) is 0 Å². The molecule has 1 aromatic heterocycles. The van der Waals surface area contributed by atoms with E-state index in [1.54, 1.807) is 11.8 Å². The molecule has 1 N–H and O–H groups in total. The second-order valence-electron chi connectivity index (χ2n) is 6.45. The molecule has 1 heterocycles. The molecule has 25 heavy (non-hydrogen) atoms. The first-order valence-corrected chi connectivity index (χ1v) is 9.40. The molecule has 0 fully saturated rings. The average Bonchev–Trinajstić information content (AvgIpc) is 2.92. The van der Waals surface area contributed by atoms with Crippen molar-refractivity contribution in [3.63, 3.8) is 0 Å². The molecule has 3 aromatic rings. The largest absolute Gasteiger partial charge is 0.459 e. The quantitative estimate of drug-likeness (QED) is 0.595. The molecule has 1 unspecified atom stereocenters. The van der Waals surface area contributed by atoms with E-state index in [4.69, 9.17) is 4.42 Å². The Labute approximate surface area is 152 Å². The van der Waals surface area contributed by atoms with Crippen LogP contribution in [0.2, 0.25) is 0 Å². The second kappa shape index (κ2) is 7.36. The minimum atomic E-state index is -0.197. The fourth-order valence-corrected chi connectivity index (χ4v) is 3.91. The van der Waals surface area contributed by atoms with Gasteiger partial charge in [-0.1, -0.05) is 44.2 Å². The summed E-state index contributed by atoms with van der Waals surface area (Å²) in [5.41, 5.74) is 2.64. The summed E-state index contributed by atoms with van der Waals surface area (Å²) in [7, 11) is 0. The smallest absolute Gasteiger partial charge is 0.252 e. The van der Waals surface area contributed by atoms with Crippen molar-refractivity contribution >= 4 is 28.6 Å². The molecular weight excluding hydrogens is 330 g/mol. The lowest BCUT2D eigenvalue weighted by molar-refractivity contribution is 0.0932. The van der Waals surface area contributed by atoms with Gasteiger partial charge in [-0.25, -0.2) is 0 Å². The molecule has 0 aliphatic rings. The number of amides is 1. The molecule has 0 saturated heterocycles. The van der Waals surface area contributed by atoms with Crippen LogP contribution in [0.1, 0.15) is 48.5 Å². The number of fused-ring (bicyclic) bond motifs is 1. The van der Waals surface area contributed by atoms with Crippen LogP contribution in [0.3, 0.4) is 0 Å². The van der Waals surface area contributed by atoms with Crippen LogP contribution in [0.4, 0.5) is 0 Å². The van der Waals surface area contributed by atoms with Crippen molar-refractivity contribution in [2.45, 2.75) is 43.9 Å². The number of hydrogen-bond donors (Lipinski definition) is 1. The Kier molecular flexibility index (Phi) is 5.19. The van der Waals surface area contributed by atoms with Crippen LogP contribution >= 0.6 is 11.8 Å². The fraction of sp³-hybridized carbons (Fsp3) is 0.286. The van der Waals surface area contributed by atoms with E-state index < -0.39 is 0 Å². The third-order valence-corrected chi connectivity index (χ3v) is 5.20. The number of rotatable bonds is 5. The Bertz CT molecular complexity index is 898. The number of carbonyl (C=O) groups excluding carboxylic acids is 1. The third kappa shape index (κ3) is 3.74. The van der Waals surface area contributed by atoms with Gasteiger partial charge < -0.3 is 9.73 Å². The molecule has 3 nitrogen and oxygen atoms in total. The predicted octanol–water partition coefficient (Wildman–Crippen LogP) is 5.73. The molecule has 130 valence electrons. The van der Waals surface area contributed by atoms with Gasteiger partial charge in [0.05, 0.1) is 11.6 Å². The van der Waals surface area contributed by atoms with Crippen molar-refractivity contribution in [3.05, 3.63) is 65.4 Å². The lowest BCUT2D eigenvalue weighted by Gasteiger charge is -2.15. The van der Waals surface area contributed by atoms with Crippen molar-refractivity contribution in [1.82, 2.24) is 5.32 Å². The Morgan fingerprint density at radius 3 is 2.44 bits per heavy atom. The Hall–Kier alpha value is -2.20. The number of hydrogen-bond acceptors (Lipinski definition) is 3. The maximum atomic E-state index is 12.8. The van der Waals surface area contributed by atoms with E-state index in [-0.39, 0.29) is 11.9 Å². The van der Waals surface area contributed by atoms with Crippen LogP contribution in [-0.4, -0.2) is 11.2 Å². The first-order valence-electron chi connectivity index (χ1n) is 8.52. The number of para-hydroxylation sites is 1. The highest BCUT2D eigenvalue weighted by molar-refractivity contribution is 8.00. The monoisotopic (exact) mass is 353 g/mol. The van der Waals surface area contributed by atoms with Gasteiger partial charge in [0, 0.05) is 21.1 Å². The maximum Gasteiger partial charge on any atom is 0.252 e. The topological polar surface area (TPSA) is 42.2 Å². The van der Waals surface area contributed by atoms with Gasteiger partial charge in [-0.2, -0.15) is 0 Å². The SMILES string of the molecule is Cc1c(C(C)NC(=O)c2ccccc2SC(C)C)oc2ccccc12. The lowest BCUT2D eigenvalue weighted by atomic mass is 10.1. The maximum absolute atomic E-state index is 12.8. The number of aryl methyl sites for hydroxylation is 1. The zero-order valence-corrected chi connectivity index (χ0v) is 15.8. The van der Waals surface area contributed by atoms with Crippen LogP contribution < -0.4 is 5.32 Å². The van der Waals surface area contributed by atoms with Crippen molar-refractivity contribution < 1.29 is 9.21 Å². The van der Waals surface area contributed by atoms with E-state index in [9.17, 15) is 4.79 Å². The van der Waals surface area contributed by atoms with Crippen molar-refractivity contribution in [2.24, 2.45) is 0 Å². The summed E-state index contributed by atoms with van der Waals surface area (Å²) in [6.45, 7) is 8.24. The first kappa shape index (κ1) is 17.6. The van der Waals surface area contributed by atoms with Crippen molar-refractivity contribution in [1.29, 1.82) is 0 Å². The fourth-order valence-electron chi connectivity index (χ4n) is 2.96. The summed E-state index contributed by atoms with van der Waals surface area (Å²) in [5, 5.41) is 4.59. The van der Waals surface area contributed by atoms with Gasteiger partial charge in [0.15, 0.2) is 0 Å². The summed E-state index contributed by atoms with van der Waals surface area (Å²) in [4.78, 5) is 13.8. The lowest BCUT2D eigenvalue weighted by Crippen LogP contribution is -2.27. The molecule has 0 bridgehead atoms. The molecular formula is C21H23NO2S. The summed E-state index contributed by atoms with van der Waals surface area (Å²) >= 11 is 1.70. The standard InChI is InChI=1S/C21H23NO2S/c1-13(2)25-19-12-8-6-10-17(19)21(23)22-15(4)20-14(3)16-9-5-7-11-18(16)24-20/h5-13,15H,1-4H3,(H,22,23). The number of thioether (sulfide) groups is 1. The molecule has 0 aliphatic heterocycles.